The van der Waals surface area contributed by atoms with Gasteiger partial charge in [0.15, 0.2) is 0 Å². The molecular formula is C28H42O6. The lowest BCUT2D eigenvalue weighted by Crippen LogP contribution is -2.69. The fourth-order valence-corrected chi connectivity index (χ4v) is 7.71. The van der Waals surface area contributed by atoms with Gasteiger partial charge >= 0.3 is 5.97 Å². The van der Waals surface area contributed by atoms with Gasteiger partial charge in [-0.05, 0) is 75.5 Å². The second kappa shape index (κ2) is 8.56. The standard InChI is InChI=1S/C28H42O6/c1-15(2)16(3)11-25(31)34-24-13-21(18(5)29)17(4)27(32)14-23-22(28(24,27)33)8-7-19-12-20(30)9-10-26(19,23)6/h7,11,15,17,20-24,30,32-33H,8-10,12-14H2,1-6H3. The lowest BCUT2D eigenvalue weighted by molar-refractivity contribution is -0.259. The van der Waals surface area contributed by atoms with Crippen LogP contribution in [0.3, 0.4) is 0 Å². The average molecular weight is 475 g/mol. The molecule has 9 atom stereocenters. The quantitative estimate of drug-likeness (QED) is 0.326. The molecule has 0 aliphatic heterocycles. The monoisotopic (exact) mass is 474 g/mol. The Bertz CT molecular complexity index is 920. The van der Waals surface area contributed by atoms with Crippen molar-refractivity contribution in [2.45, 2.75) is 103 Å². The van der Waals surface area contributed by atoms with Gasteiger partial charge in [-0.2, -0.15) is 0 Å². The third kappa shape index (κ3) is 3.63. The molecule has 6 heteroatoms. The minimum atomic E-state index is -1.64. The number of Topliss-reactive ketones (excluding diaryl/α,β-unsaturated/α-hetero) is 1. The summed E-state index contributed by atoms with van der Waals surface area (Å²) in [5.74, 6) is -1.66. The van der Waals surface area contributed by atoms with Crippen molar-refractivity contribution in [1.29, 1.82) is 0 Å². The summed E-state index contributed by atoms with van der Waals surface area (Å²) < 4.78 is 5.92. The second-order valence-corrected chi connectivity index (χ2v) is 12.2. The molecule has 6 nitrogen and oxygen atoms in total. The molecule has 190 valence electrons. The van der Waals surface area contributed by atoms with Crippen molar-refractivity contribution in [3.63, 3.8) is 0 Å². The van der Waals surface area contributed by atoms with Gasteiger partial charge < -0.3 is 20.1 Å². The average Bonchev–Trinajstić information content (AvgIpc) is 3.00. The zero-order valence-electron chi connectivity index (χ0n) is 21.5. The maximum Gasteiger partial charge on any atom is 0.331 e. The highest BCUT2D eigenvalue weighted by Gasteiger charge is 2.74. The molecule has 0 aromatic carbocycles. The Labute approximate surface area is 203 Å². The third-order valence-electron chi connectivity index (χ3n) is 10.3. The SMILES string of the molecule is CC(=O)C1CC(OC(=O)C=C(C)C(C)C)C2(O)C3CC=C4CC(O)CCC4(C)C3CC2(O)C1C. The molecule has 0 bridgehead atoms. The fraction of sp³-hybridized carbons (Fsp3) is 0.786. The van der Waals surface area contributed by atoms with Gasteiger partial charge in [0.1, 0.15) is 23.1 Å². The lowest BCUT2D eigenvalue weighted by Gasteiger charge is -2.55. The summed E-state index contributed by atoms with van der Waals surface area (Å²) in [4.78, 5) is 25.5. The van der Waals surface area contributed by atoms with Crippen LogP contribution in [0.2, 0.25) is 0 Å². The molecule has 4 aliphatic carbocycles. The van der Waals surface area contributed by atoms with Crippen LogP contribution in [0.5, 0.6) is 0 Å². The van der Waals surface area contributed by atoms with Crippen LogP contribution in [0.1, 0.15) is 80.1 Å². The van der Waals surface area contributed by atoms with Gasteiger partial charge in [-0.25, -0.2) is 4.79 Å². The molecule has 4 rings (SSSR count). The summed E-state index contributed by atoms with van der Waals surface area (Å²) in [7, 11) is 0. The largest absolute Gasteiger partial charge is 0.456 e. The number of carbonyl (C=O) groups excluding carboxylic acids is 2. The Morgan fingerprint density at radius 2 is 1.88 bits per heavy atom. The second-order valence-electron chi connectivity index (χ2n) is 12.2. The summed E-state index contributed by atoms with van der Waals surface area (Å²) in [6.07, 6.45) is 5.52. The Balaban J connectivity index is 1.76. The minimum Gasteiger partial charge on any atom is -0.456 e. The molecule has 0 aromatic heterocycles. The van der Waals surface area contributed by atoms with Crippen molar-refractivity contribution in [3.05, 3.63) is 23.3 Å². The predicted molar refractivity (Wildman–Crippen MR) is 129 cm³/mol. The Morgan fingerprint density at radius 3 is 2.50 bits per heavy atom. The van der Waals surface area contributed by atoms with E-state index in [9.17, 15) is 24.9 Å². The van der Waals surface area contributed by atoms with E-state index in [1.807, 2.05) is 27.7 Å². The number of hydrogen-bond donors (Lipinski definition) is 3. The smallest absolute Gasteiger partial charge is 0.331 e. The number of carbonyl (C=O) groups is 2. The van der Waals surface area contributed by atoms with E-state index in [0.29, 0.717) is 25.7 Å². The summed E-state index contributed by atoms with van der Waals surface area (Å²) in [5, 5.41) is 34.9. The number of ketones is 1. The third-order valence-corrected chi connectivity index (χ3v) is 10.3. The van der Waals surface area contributed by atoms with E-state index in [2.05, 4.69) is 13.0 Å². The van der Waals surface area contributed by atoms with Crippen LogP contribution in [0.4, 0.5) is 0 Å². The first-order valence-corrected chi connectivity index (χ1v) is 13.0. The van der Waals surface area contributed by atoms with Gasteiger partial charge in [-0.1, -0.05) is 44.9 Å². The number of ether oxygens (including phenoxy) is 1. The number of esters is 1. The van der Waals surface area contributed by atoms with Crippen LogP contribution in [0, 0.1) is 35.0 Å². The van der Waals surface area contributed by atoms with E-state index in [1.165, 1.54) is 18.6 Å². The molecular weight excluding hydrogens is 432 g/mol. The first-order valence-electron chi connectivity index (χ1n) is 13.0. The zero-order chi connectivity index (χ0) is 25.2. The van der Waals surface area contributed by atoms with Crippen molar-refractivity contribution >= 4 is 11.8 Å². The summed E-state index contributed by atoms with van der Waals surface area (Å²) in [5.41, 5.74) is -1.33. The first-order chi connectivity index (χ1) is 15.8. The topological polar surface area (TPSA) is 104 Å². The van der Waals surface area contributed by atoms with Gasteiger partial charge in [0.2, 0.25) is 0 Å². The number of aliphatic hydroxyl groups is 3. The van der Waals surface area contributed by atoms with Crippen molar-refractivity contribution in [1.82, 2.24) is 0 Å². The lowest BCUT2D eigenvalue weighted by atomic mass is 9.55. The van der Waals surface area contributed by atoms with Crippen LogP contribution >= 0.6 is 0 Å². The highest BCUT2D eigenvalue weighted by molar-refractivity contribution is 5.83. The Hall–Kier alpha value is -1.50. The molecule has 0 radical (unpaired) electrons. The molecule has 0 spiro atoms. The molecule has 34 heavy (non-hydrogen) atoms. The van der Waals surface area contributed by atoms with Gasteiger partial charge in [-0.3, -0.25) is 4.79 Å². The fourth-order valence-electron chi connectivity index (χ4n) is 7.71. The molecule has 9 unspecified atom stereocenters. The maximum atomic E-state index is 12.9. The maximum absolute atomic E-state index is 12.9. The Morgan fingerprint density at radius 1 is 1.21 bits per heavy atom. The van der Waals surface area contributed by atoms with E-state index in [0.717, 1.165) is 12.0 Å². The van der Waals surface area contributed by atoms with E-state index in [4.69, 9.17) is 4.74 Å². The van der Waals surface area contributed by atoms with Crippen LogP contribution < -0.4 is 0 Å². The van der Waals surface area contributed by atoms with Crippen LogP contribution in [0.25, 0.3) is 0 Å². The van der Waals surface area contributed by atoms with Crippen LogP contribution in [-0.2, 0) is 14.3 Å². The molecule has 0 saturated heterocycles. The van der Waals surface area contributed by atoms with E-state index in [-0.39, 0.29) is 41.5 Å². The number of rotatable bonds is 4. The van der Waals surface area contributed by atoms with E-state index in [1.54, 1.807) is 0 Å². The summed E-state index contributed by atoms with van der Waals surface area (Å²) >= 11 is 0. The molecule has 3 N–H and O–H groups in total. The highest BCUT2D eigenvalue weighted by Crippen LogP contribution is 2.67. The van der Waals surface area contributed by atoms with Gasteiger partial charge in [0.05, 0.1) is 6.10 Å². The number of fused-ring (bicyclic) bond motifs is 5. The van der Waals surface area contributed by atoms with Gasteiger partial charge in [0.25, 0.3) is 0 Å². The summed E-state index contributed by atoms with van der Waals surface area (Å²) in [6.45, 7) is 11.4. The first kappa shape index (κ1) is 25.6. The van der Waals surface area contributed by atoms with Crippen molar-refractivity contribution in [2.24, 2.45) is 35.0 Å². The van der Waals surface area contributed by atoms with Crippen LogP contribution in [0.15, 0.2) is 23.3 Å². The molecule has 0 aromatic rings. The molecule has 3 saturated carbocycles. The van der Waals surface area contributed by atoms with E-state index < -0.39 is 35.1 Å². The van der Waals surface area contributed by atoms with Crippen molar-refractivity contribution < 1.29 is 29.6 Å². The Kier molecular flexibility index (Phi) is 6.44. The van der Waals surface area contributed by atoms with Crippen LogP contribution in [-0.4, -0.2) is 50.5 Å². The van der Waals surface area contributed by atoms with Gasteiger partial charge in [-0.15, -0.1) is 0 Å². The highest BCUT2D eigenvalue weighted by atomic mass is 16.6. The van der Waals surface area contributed by atoms with Gasteiger partial charge in [0, 0.05) is 17.9 Å². The zero-order valence-corrected chi connectivity index (χ0v) is 21.5. The molecule has 3 fully saturated rings. The normalized spacial score (nSPS) is 46.3. The molecule has 4 aliphatic rings. The van der Waals surface area contributed by atoms with E-state index >= 15 is 0 Å². The molecule has 0 amide bonds. The number of aliphatic hydroxyl groups excluding tert-OH is 1. The minimum absolute atomic E-state index is 0.0164. The van der Waals surface area contributed by atoms with Crippen molar-refractivity contribution in [3.8, 4) is 0 Å². The van der Waals surface area contributed by atoms with Crippen molar-refractivity contribution in [2.75, 3.05) is 0 Å². The summed E-state index contributed by atoms with van der Waals surface area (Å²) in [6, 6.07) is 0. The molecule has 0 heterocycles. The predicted octanol–water partition coefficient (Wildman–Crippen LogP) is 3.73. The number of allylic oxidation sites excluding steroid dienone is 2. The number of hydrogen-bond acceptors (Lipinski definition) is 6.